The summed E-state index contributed by atoms with van der Waals surface area (Å²) >= 11 is 0. The largest absolute Gasteiger partial charge is 0.348 e. The fourth-order valence-electron chi connectivity index (χ4n) is 2.00. The Morgan fingerprint density at radius 3 is 2.13 bits per heavy atom. The monoisotopic (exact) mass is 332 g/mol. The van der Waals surface area contributed by atoms with Crippen molar-refractivity contribution in [2.75, 3.05) is 17.6 Å². The Kier molecular flexibility index (Phi) is 5.05. The third kappa shape index (κ3) is 4.56. The molecule has 6 heteroatoms. The molecule has 5 nitrogen and oxygen atoms in total. The Hall–Kier alpha value is -2.34. The lowest BCUT2D eigenvalue weighted by atomic mass is 10.1. The molecule has 0 unspecified atom stereocenters. The molecule has 2 aromatic rings. The van der Waals surface area contributed by atoms with E-state index >= 15 is 0 Å². The lowest BCUT2D eigenvalue weighted by molar-refractivity contribution is 0.0951. The Bertz CT molecular complexity index is 782. The molecule has 0 bridgehead atoms. The van der Waals surface area contributed by atoms with Gasteiger partial charge in [0.1, 0.15) is 0 Å². The highest BCUT2D eigenvalue weighted by molar-refractivity contribution is 7.92. The third-order valence-electron chi connectivity index (χ3n) is 3.56. The first-order valence-corrected chi connectivity index (χ1v) is 9.00. The van der Waals surface area contributed by atoms with Crippen molar-refractivity contribution in [2.45, 2.75) is 13.5 Å². The second-order valence-electron chi connectivity index (χ2n) is 5.45. The van der Waals surface area contributed by atoms with Gasteiger partial charge in [0.05, 0.1) is 11.9 Å². The molecule has 0 atom stereocenters. The molecular formula is C17H20N2O3S. The average Bonchev–Trinajstić information content (AvgIpc) is 2.52. The van der Waals surface area contributed by atoms with E-state index in [-0.39, 0.29) is 5.91 Å². The smallest absolute Gasteiger partial charge is 0.251 e. The van der Waals surface area contributed by atoms with Crippen molar-refractivity contribution in [3.63, 3.8) is 0 Å². The van der Waals surface area contributed by atoms with Crippen LogP contribution >= 0.6 is 0 Å². The molecule has 0 fully saturated rings. The van der Waals surface area contributed by atoms with E-state index < -0.39 is 10.0 Å². The normalized spacial score (nSPS) is 11.1. The van der Waals surface area contributed by atoms with Gasteiger partial charge < -0.3 is 5.32 Å². The van der Waals surface area contributed by atoms with Gasteiger partial charge in [-0.15, -0.1) is 0 Å². The van der Waals surface area contributed by atoms with Crippen LogP contribution in [0.2, 0.25) is 0 Å². The van der Waals surface area contributed by atoms with Crippen LogP contribution in [0.25, 0.3) is 0 Å². The first-order chi connectivity index (χ1) is 10.8. The fraction of sp³-hybridized carbons (Fsp3) is 0.235. The highest BCUT2D eigenvalue weighted by atomic mass is 32.2. The number of hydrogen-bond acceptors (Lipinski definition) is 3. The molecule has 2 aromatic carbocycles. The molecule has 0 saturated heterocycles. The van der Waals surface area contributed by atoms with Gasteiger partial charge >= 0.3 is 0 Å². The molecule has 1 N–H and O–H groups in total. The minimum Gasteiger partial charge on any atom is -0.348 e. The molecule has 122 valence electrons. The van der Waals surface area contributed by atoms with Crippen LogP contribution in [-0.4, -0.2) is 27.6 Å². The van der Waals surface area contributed by atoms with E-state index in [2.05, 4.69) is 5.32 Å². The van der Waals surface area contributed by atoms with Crippen LogP contribution in [0.15, 0.2) is 48.5 Å². The van der Waals surface area contributed by atoms with Crippen molar-refractivity contribution in [2.24, 2.45) is 0 Å². The van der Waals surface area contributed by atoms with Gasteiger partial charge in [-0.1, -0.05) is 29.8 Å². The lowest BCUT2D eigenvalue weighted by Gasteiger charge is -2.16. The van der Waals surface area contributed by atoms with Crippen LogP contribution in [-0.2, 0) is 16.6 Å². The summed E-state index contributed by atoms with van der Waals surface area (Å²) in [7, 11) is -1.83. The third-order valence-corrected chi connectivity index (χ3v) is 4.77. The summed E-state index contributed by atoms with van der Waals surface area (Å²) < 4.78 is 24.1. The summed E-state index contributed by atoms with van der Waals surface area (Å²) in [5, 5.41) is 2.84. The van der Waals surface area contributed by atoms with Gasteiger partial charge in [0, 0.05) is 19.2 Å². The zero-order valence-corrected chi connectivity index (χ0v) is 14.2. The average molecular weight is 332 g/mol. The van der Waals surface area contributed by atoms with E-state index in [0.717, 1.165) is 11.8 Å². The van der Waals surface area contributed by atoms with Crippen molar-refractivity contribution in [3.05, 3.63) is 65.2 Å². The van der Waals surface area contributed by atoms with Crippen LogP contribution in [0.5, 0.6) is 0 Å². The van der Waals surface area contributed by atoms with Gasteiger partial charge in [-0.25, -0.2) is 8.42 Å². The number of benzene rings is 2. The van der Waals surface area contributed by atoms with Crippen molar-refractivity contribution >= 4 is 21.6 Å². The number of anilines is 1. The van der Waals surface area contributed by atoms with E-state index in [0.29, 0.717) is 17.8 Å². The van der Waals surface area contributed by atoms with Gasteiger partial charge in [-0.3, -0.25) is 9.10 Å². The first kappa shape index (κ1) is 17.0. The molecule has 0 aromatic heterocycles. The highest BCUT2D eigenvalue weighted by Gasteiger charge is 2.12. The van der Waals surface area contributed by atoms with Crippen LogP contribution in [0.4, 0.5) is 5.69 Å². The zero-order valence-electron chi connectivity index (χ0n) is 13.4. The summed E-state index contributed by atoms with van der Waals surface area (Å²) in [5.41, 5.74) is 3.20. The van der Waals surface area contributed by atoms with E-state index in [1.807, 2.05) is 31.2 Å². The number of sulfonamides is 1. The molecule has 0 heterocycles. The number of carbonyl (C=O) groups is 1. The number of amides is 1. The summed E-state index contributed by atoms with van der Waals surface area (Å²) in [6.07, 6.45) is 1.13. The maximum absolute atomic E-state index is 12.1. The van der Waals surface area contributed by atoms with Crippen molar-refractivity contribution in [1.82, 2.24) is 5.32 Å². The molecule has 0 aliphatic heterocycles. The van der Waals surface area contributed by atoms with E-state index in [1.54, 1.807) is 24.3 Å². The Balaban J connectivity index is 2.01. The topological polar surface area (TPSA) is 66.5 Å². The number of hydrogen-bond donors (Lipinski definition) is 1. The zero-order chi connectivity index (χ0) is 17.0. The molecule has 2 rings (SSSR count). The van der Waals surface area contributed by atoms with Crippen LogP contribution < -0.4 is 9.62 Å². The summed E-state index contributed by atoms with van der Waals surface area (Å²) in [4.78, 5) is 12.1. The Labute approximate surface area is 137 Å². The molecule has 0 spiro atoms. The molecule has 1 amide bonds. The number of nitrogens with one attached hydrogen (secondary N) is 1. The molecule has 0 aliphatic carbocycles. The van der Waals surface area contributed by atoms with Gasteiger partial charge in [-0.05, 0) is 36.8 Å². The standard InChI is InChI=1S/C17H20N2O3S/c1-13-4-6-14(7-5-13)12-18-17(20)15-8-10-16(11-9-15)19(2)23(3,21)22/h4-11H,12H2,1-3H3,(H,18,20). The fourth-order valence-corrected chi connectivity index (χ4v) is 2.51. The summed E-state index contributed by atoms with van der Waals surface area (Å²) in [6, 6.07) is 14.4. The van der Waals surface area contributed by atoms with E-state index in [9.17, 15) is 13.2 Å². The van der Waals surface area contributed by atoms with Gasteiger partial charge in [-0.2, -0.15) is 0 Å². The van der Waals surface area contributed by atoms with Crippen molar-refractivity contribution in [3.8, 4) is 0 Å². The lowest BCUT2D eigenvalue weighted by Crippen LogP contribution is -2.25. The van der Waals surface area contributed by atoms with Crippen LogP contribution in [0.3, 0.4) is 0 Å². The Morgan fingerprint density at radius 2 is 1.61 bits per heavy atom. The minimum atomic E-state index is -3.31. The first-order valence-electron chi connectivity index (χ1n) is 7.15. The molecular weight excluding hydrogens is 312 g/mol. The second-order valence-corrected chi connectivity index (χ2v) is 7.46. The predicted octanol–water partition coefficient (Wildman–Crippen LogP) is 2.32. The quantitative estimate of drug-likeness (QED) is 0.914. The Morgan fingerprint density at radius 1 is 1.04 bits per heavy atom. The van der Waals surface area contributed by atoms with Gasteiger partial charge in [0.15, 0.2) is 0 Å². The SMILES string of the molecule is Cc1ccc(CNC(=O)c2ccc(N(C)S(C)(=O)=O)cc2)cc1. The van der Waals surface area contributed by atoms with Crippen LogP contribution in [0, 0.1) is 6.92 Å². The number of carbonyl (C=O) groups excluding carboxylic acids is 1. The van der Waals surface area contributed by atoms with Gasteiger partial charge in [0.25, 0.3) is 5.91 Å². The maximum Gasteiger partial charge on any atom is 0.251 e. The number of aryl methyl sites for hydroxylation is 1. The number of nitrogens with zero attached hydrogens (tertiary/aromatic N) is 1. The molecule has 0 aliphatic rings. The second kappa shape index (κ2) is 6.83. The van der Waals surface area contributed by atoms with Crippen molar-refractivity contribution in [1.29, 1.82) is 0 Å². The molecule has 0 radical (unpaired) electrons. The van der Waals surface area contributed by atoms with E-state index in [4.69, 9.17) is 0 Å². The van der Waals surface area contributed by atoms with Crippen LogP contribution in [0.1, 0.15) is 21.5 Å². The number of rotatable bonds is 5. The van der Waals surface area contributed by atoms with Gasteiger partial charge in [0.2, 0.25) is 10.0 Å². The molecule has 0 saturated carbocycles. The summed E-state index contributed by atoms with van der Waals surface area (Å²) in [6.45, 7) is 2.46. The predicted molar refractivity (Wildman–Crippen MR) is 92.0 cm³/mol. The molecule has 23 heavy (non-hydrogen) atoms. The maximum atomic E-state index is 12.1. The minimum absolute atomic E-state index is 0.195. The van der Waals surface area contributed by atoms with Crippen molar-refractivity contribution < 1.29 is 13.2 Å². The van der Waals surface area contributed by atoms with E-state index in [1.165, 1.54) is 16.9 Å². The summed E-state index contributed by atoms with van der Waals surface area (Å²) in [5.74, 6) is -0.195. The highest BCUT2D eigenvalue weighted by Crippen LogP contribution is 2.16.